The van der Waals surface area contributed by atoms with Crippen molar-refractivity contribution < 1.29 is 0 Å². The summed E-state index contributed by atoms with van der Waals surface area (Å²) in [6, 6.07) is 48.7. The van der Waals surface area contributed by atoms with Crippen LogP contribution in [0, 0.1) is 0 Å². The van der Waals surface area contributed by atoms with E-state index in [1.807, 2.05) is 18.5 Å². The summed E-state index contributed by atoms with van der Waals surface area (Å²) < 4.78 is 0. The zero-order chi connectivity index (χ0) is 33.3. The van der Waals surface area contributed by atoms with Crippen LogP contribution in [0.4, 0.5) is 17.1 Å². The van der Waals surface area contributed by atoms with Crippen molar-refractivity contribution in [1.29, 1.82) is 0 Å². The molecule has 236 valence electrons. The first-order chi connectivity index (χ1) is 23.8. The van der Waals surface area contributed by atoms with Crippen molar-refractivity contribution in [2.24, 2.45) is 0 Å². The molecular weight excluding hydrogens is 593 g/mol. The first kappa shape index (κ1) is 29.4. The smallest absolute Gasteiger partial charge is 0.0645 e. The predicted molar refractivity (Wildman–Crippen MR) is 209 cm³/mol. The lowest BCUT2D eigenvalue weighted by Gasteiger charge is -2.28. The molecule has 1 heterocycles. The van der Waals surface area contributed by atoms with E-state index in [1.165, 1.54) is 66.1 Å². The Morgan fingerprint density at radius 3 is 2.06 bits per heavy atom. The molecule has 0 N–H and O–H groups in total. The highest BCUT2D eigenvalue weighted by Crippen LogP contribution is 2.62. The Bertz CT molecular complexity index is 2500. The molecule has 2 aliphatic carbocycles. The normalized spacial score (nSPS) is 15.5. The summed E-state index contributed by atoms with van der Waals surface area (Å²) in [4.78, 5) is 6.82. The molecule has 0 spiro atoms. The van der Waals surface area contributed by atoms with Crippen molar-refractivity contribution in [3.63, 3.8) is 0 Å². The molecule has 9 rings (SSSR count). The number of hydrogen-bond donors (Lipinski definition) is 0. The van der Waals surface area contributed by atoms with Gasteiger partial charge in [0, 0.05) is 28.1 Å². The molecule has 0 unspecified atom stereocenters. The second-order valence-corrected chi connectivity index (χ2v) is 14.5. The lowest BCUT2D eigenvalue weighted by atomic mass is 9.75. The van der Waals surface area contributed by atoms with Gasteiger partial charge >= 0.3 is 0 Å². The third-order valence-electron chi connectivity index (χ3n) is 10.9. The fraction of sp³-hybridized carbons (Fsp3) is 0.128. The average Bonchev–Trinajstić information content (AvgIpc) is 3.53. The van der Waals surface area contributed by atoms with Crippen LogP contribution in [0.25, 0.3) is 44.8 Å². The maximum absolute atomic E-state index is 4.50. The molecule has 49 heavy (non-hydrogen) atoms. The number of anilines is 3. The molecule has 0 saturated heterocycles. The molecule has 0 atom stereocenters. The Kier molecular flexibility index (Phi) is 6.54. The van der Waals surface area contributed by atoms with Gasteiger partial charge in [-0.3, -0.25) is 4.98 Å². The fourth-order valence-electron chi connectivity index (χ4n) is 8.55. The van der Waals surface area contributed by atoms with Gasteiger partial charge in [-0.1, -0.05) is 143 Å². The minimum absolute atomic E-state index is 0.0109. The van der Waals surface area contributed by atoms with E-state index < -0.39 is 0 Å². The molecule has 0 saturated carbocycles. The number of pyridine rings is 1. The molecule has 2 aliphatic rings. The van der Waals surface area contributed by atoms with Crippen molar-refractivity contribution in [3.8, 4) is 0 Å². The SMILES string of the molecule is CC1(C)C2=C(c3ccccc31)C(C)(C)c1cc(C=Cc3ccc(N(c4cccnc4)c4ccc5ccccc5c4)c4ccccc34)ccc12. The molecule has 2 nitrogen and oxygen atoms in total. The molecule has 0 amide bonds. The van der Waals surface area contributed by atoms with Gasteiger partial charge in [0.15, 0.2) is 0 Å². The van der Waals surface area contributed by atoms with Gasteiger partial charge in [-0.15, -0.1) is 0 Å². The maximum Gasteiger partial charge on any atom is 0.0645 e. The van der Waals surface area contributed by atoms with Crippen molar-refractivity contribution in [2.75, 3.05) is 4.90 Å². The minimum atomic E-state index is -0.0642. The highest BCUT2D eigenvalue weighted by atomic mass is 15.1. The van der Waals surface area contributed by atoms with Crippen LogP contribution in [-0.2, 0) is 10.8 Å². The van der Waals surface area contributed by atoms with E-state index in [0.29, 0.717) is 0 Å². The first-order valence-electron chi connectivity index (χ1n) is 17.2. The van der Waals surface area contributed by atoms with Gasteiger partial charge in [-0.2, -0.15) is 0 Å². The van der Waals surface area contributed by atoms with Crippen LogP contribution in [0.5, 0.6) is 0 Å². The van der Waals surface area contributed by atoms with Crippen LogP contribution < -0.4 is 4.90 Å². The van der Waals surface area contributed by atoms with Gasteiger partial charge in [0.2, 0.25) is 0 Å². The lowest BCUT2D eigenvalue weighted by Crippen LogP contribution is -2.19. The zero-order valence-electron chi connectivity index (χ0n) is 28.4. The largest absolute Gasteiger partial charge is 0.308 e. The Labute approximate surface area is 288 Å². The van der Waals surface area contributed by atoms with Gasteiger partial charge in [-0.25, -0.2) is 0 Å². The molecular formula is C47H38N2. The Morgan fingerprint density at radius 2 is 1.24 bits per heavy atom. The summed E-state index contributed by atoms with van der Waals surface area (Å²) in [6.07, 6.45) is 8.33. The second kappa shape index (κ2) is 10.9. The molecule has 0 fully saturated rings. The van der Waals surface area contributed by atoms with Gasteiger partial charge in [0.05, 0.1) is 17.6 Å². The van der Waals surface area contributed by atoms with Crippen molar-refractivity contribution >= 4 is 61.9 Å². The number of hydrogen-bond acceptors (Lipinski definition) is 2. The quantitative estimate of drug-likeness (QED) is 0.176. The topological polar surface area (TPSA) is 16.1 Å². The zero-order valence-corrected chi connectivity index (χ0v) is 28.4. The molecule has 1 aromatic heterocycles. The molecule has 0 radical (unpaired) electrons. The summed E-state index contributed by atoms with van der Waals surface area (Å²) >= 11 is 0. The van der Waals surface area contributed by atoms with Crippen molar-refractivity contribution in [2.45, 2.75) is 38.5 Å². The van der Waals surface area contributed by atoms with Crippen LogP contribution in [0.2, 0.25) is 0 Å². The number of benzene rings is 6. The summed E-state index contributed by atoms with van der Waals surface area (Å²) in [7, 11) is 0. The summed E-state index contributed by atoms with van der Waals surface area (Å²) in [5.74, 6) is 0. The standard InChI is InChI=1S/C47H38N2/c1-46(2)41-18-10-9-17-39(41)44-45(46)40-25-20-31(28-42(40)47(44,3)4)19-21-33-23-26-43(38-16-8-7-15-37(33)38)49(36-14-11-27-48-30-36)35-24-22-32-12-5-6-13-34(32)29-35/h5-30H,1-4H3. The number of allylic oxidation sites excluding steroid dienone is 2. The fourth-order valence-corrected chi connectivity index (χ4v) is 8.55. The first-order valence-corrected chi connectivity index (χ1v) is 17.2. The number of rotatable bonds is 5. The monoisotopic (exact) mass is 630 g/mol. The van der Waals surface area contributed by atoms with Gasteiger partial charge in [0.25, 0.3) is 0 Å². The number of nitrogens with zero attached hydrogens (tertiary/aromatic N) is 2. The van der Waals surface area contributed by atoms with E-state index in [1.54, 1.807) is 0 Å². The van der Waals surface area contributed by atoms with E-state index in [9.17, 15) is 0 Å². The van der Waals surface area contributed by atoms with E-state index >= 15 is 0 Å². The molecule has 2 heteroatoms. The lowest BCUT2D eigenvalue weighted by molar-refractivity contribution is 0.694. The van der Waals surface area contributed by atoms with Crippen molar-refractivity contribution in [3.05, 3.63) is 179 Å². The molecule has 0 bridgehead atoms. The van der Waals surface area contributed by atoms with Crippen LogP contribution >= 0.6 is 0 Å². The molecule has 0 aliphatic heterocycles. The highest BCUT2D eigenvalue weighted by Gasteiger charge is 2.49. The summed E-state index contributed by atoms with van der Waals surface area (Å²) in [5, 5.41) is 4.85. The van der Waals surface area contributed by atoms with Gasteiger partial charge in [-0.05, 0) is 91.0 Å². The Morgan fingerprint density at radius 1 is 0.531 bits per heavy atom. The summed E-state index contributed by atoms with van der Waals surface area (Å²) in [6.45, 7) is 9.57. The Balaban J connectivity index is 1.11. The van der Waals surface area contributed by atoms with E-state index in [0.717, 1.165) is 17.1 Å². The van der Waals surface area contributed by atoms with Crippen LogP contribution in [-0.4, -0.2) is 4.98 Å². The number of fused-ring (bicyclic) bond motifs is 6. The van der Waals surface area contributed by atoms with E-state index in [4.69, 9.17) is 0 Å². The third-order valence-corrected chi connectivity index (χ3v) is 10.9. The van der Waals surface area contributed by atoms with Gasteiger partial charge < -0.3 is 4.90 Å². The Hall–Kier alpha value is -5.73. The van der Waals surface area contributed by atoms with Crippen molar-refractivity contribution in [1.82, 2.24) is 4.98 Å². The highest BCUT2D eigenvalue weighted by molar-refractivity contribution is 6.10. The maximum atomic E-state index is 4.50. The van der Waals surface area contributed by atoms with Crippen LogP contribution in [0.1, 0.15) is 61.1 Å². The second-order valence-electron chi connectivity index (χ2n) is 14.5. The molecule has 6 aromatic carbocycles. The molecule has 7 aromatic rings. The minimum Gasteiger partial charge on any atom is -0.308 e. The average molecular weight is 631 g/mol. The third kappa shape index (κ3) is 4.51. The van der Waals surface area contributed by atoms with Crippen LogP contribution in [0.15, 0.2) is 146 Å². The summed E-state index contributed by atoms with van der Waals surface area (Å²) in [5.41, 5.74) is 14.3. The number of aromatic nitrogens is 1. The van der Waals surface area contributed by atoms with E-state index in [-0.39, 0.29) is 10.8 Å². The van der Waals surface area contributed by atoms with Gasteiger partial charge in [0.1, 0.15) is 0 Å². The predicted octanol–water partition coefficient (Wildman–Crippen LogP) is 12.5. The van der Waals surface area contributed by atoms with Crippen LogP contribution in [0.3, 0.4) is 0 Å². The van der Waals surface area contributed by atoms with E-state index in [2.05, 4.69) is 177 Å².